The number of anilines is 1. The summed E-state index contributed by atoms with van der Waals surface area (Å²) < 4.78 is 12.1. The third-order valence-electron chi connectivity index (χ3n) is 3.25. The third-order valence-corrected chi connectivity index (χ3v) is 3.36. The molecule has 3 atom stereocenters. The monoisotopic (exact) mass is 315 g/mol. The summed E-state index contributed by atoms with van der Waals surface area (Å²) in [7, 11) is 0. The number of halogens is 1. The van der Waals surface area contributed by atoms with E-state index in [1.807, 2.05) is 0 Å². The summed E-state index contributed by atoms with van der Waals surface area (Å²) in [5, 5.41) is 19.2. The predicted molar refractivity (Wildman–Crippen MR) is 72.7 cm³/mol. The van der Waals surface area contributed by atoms with Crippen LogP contribution in [0.5, 0.6) is 6.01 Å². The van der Waals surface area contributed by atoms with E-state index < -0.39 is 18.4 Å². The molecule has 4 N–H and O–H groups in total. The molecule has 1 aliphatic heterocycles. The van der Waals surface area contributed by atoms with Gasteiger partial charge < -0.3 is 25.4 Å². The molecular formula is C11H14ClN5O4. The first-order valence-corrected chi connectivity index (χ1v) is 6.80. The van der Waals surface area contributed by atoms with Crippen LogP contribution in [0.15, 0.2) is 6.33 Å². The molecule has 0 aliphatic carbocycles. The summed E-state index contributed by atoms with van der Waals surface area (Å²) in [5.41, 5.74) is 6.54. The van der Waals surface area contributed by atoms with Gasteiger partial charge in [-0.1, -0.05) is 11.6 Å². The Bertz CT molecular complexity index is 651. The molecule has 1 saturated heterocycles. The number of nitrogens with two attached hydrogens (primary N) is 1. The number of aromatic nitrogens is 4. The number of imidazole rings is 1. The number of aliphatic hydroxyl groups is 2. The van der Waals surface area contributed by atoms with Gasteiger partial charge in [0, 0.05) is 6.42 Å². The van der Waals surface area contributed by atoms with Gasteiger partial charge in [-0.25, -0.2) is 4.98 Å². The largest absolute Gasteiger partial charge is 0.447 e. The SMILES string of the molecule is Nc1nc(OCCl)nc2c1ncn2[C@@H]1O[C@H](CO)C[C@H]1O. The Morgan fingerprint density at radius 1 is 1.52 bits per heavy atom. The summed E-state index contributed by atoms with van der Waals surface area (Å²) >= 11 is 5.48. The average Bonchev–Trinajstić information content (AvgIpc) is 3.02. The minimum Gasteiger partial charge on any atom is -0.447 e. The molecule has 1 fully saturated rings. The van der Waals surface area contributed by atoms with Crippen molar-refractivity contribution >= 4 is 28.6 Å². The number of aliphatic hydroxyl groups excluding tert-OH is 2. The molecule has 9 nitrogen and oxygen atoms in total. The number of nitrogens with zero attached hydrogens (tertiary/aromatic N) is 4. The molecule has 2 aromatic rings. The van der Waals surface area contributed by atoms with Gasteiger partial charge in [0.05, 0.1) is 19.0 Å². The van der Waals surface area contributed by atoms with Crippen LogP contribution in [0.25, 0.3) is 11.2 Å². The van der Waals surface area contributed by atoms with E-state index in [1.165, 1.54) is 10.9 Å². The minimum absolute atomic E-state index is 0.0166. The minimum atomic E-state index is -0.784. The number of fused-ring (bicyclic) bond motifs is 1. The molecule has 3 heterocycles. The van der Waals surface area contributed by atoms with Gasteiger partial charge in [0.2, 0.25) is 0 Å². The van der Waals surface area contributed by atoms with E-state index in [1.54, 1.807) is 0 Å². The molecule has 2 aromatic heterocycles. The second kappa shape index (κ2) is 5.60. The number of hydrogen-bond donors (Lipinski definition) is 3. The van der Waals surface area contributed by atoms with Crippen molar-refractivity contribution in [1.82, 2.24) is 19.5 Å². The van der Waals surface area contributed by atoms with Gasteiger partial charge in [-0.3, -0.25) is 4.57 Å². The van der Waals surface area contributed by atoms with Crippen LogP contribution in [0, 0.1) is 0 Å². The van der Waals surface area contributed by atoms with Crippen molar-refractivity contribution < 1.29 is 19.7 Å². The molecule has 10 heteroatoms. The van der Waals surface area contributed by atoms with Crippen LogP contribution >= 0.6 is 11.6 Å². The number of rotatable bonds is 4. The molecule has 3 rings (SSSR count). The Morgan fingerprint density at radius 2 is 2.33 bits per heavy atom. The van der Waals surface area contributed by atoms with Gasteiger partial charge in [0.1, 0.15) is 6.10 Å². The maximum Gasteiger partial charge on any atom is 0.321 e. The molecule has 0 bridgehead atoms. The van der Waals surface area contributed by atoms with Crippen LogP contribution in [0.2, 0.25) is 0 Å². The van der Waals surface area contributed by atoms with E-state index in [2.05, 4.69) is 15.0 Å². The Labute approximate surface area is 124 Å². The zero-order chi connectivity index (χ0) is 15.0. The van der Waals surface area contributed by atoms with Gasteiger partial charge in [0.15, 0.2) is 29.3 Å². The summed E-state index contributed by atoms with van der Waals surface area (Å²) in [5.74, 6) is 0.144. The van der Waals surface area contributed by atoms with Crippen LogP contribution in [-0.4, -0.2) is 54.6 Å². The lowest BCUT2D eigenvalue weighted by Crippen LogP contribution is -2.19. The van der Waals surface area contributed by atoms with Gasteiger partial charge in [-0.05, 0) is 0 Å². The van der Waals surface area contributed by atoms with Crippen molar-refractivity contribution in [2.24, 2.45) is 0 Å². The lowest BCUT2D eigenvalue weighted by Gasteiger charge is -2.16. The average molecular weight is 316 g/mol. The van der Waals surface area contributed by atoms with Crippen molar-refractivity contribution in [3.8, 4) is 6.01 Å². The van der Waals surface area contributed by atoms with Crippen molar-refractivity contribution in [3.63, 3.8) is 0 Å². The van der Waals surface area contributed by atoms with E-state index >= 15 is 0 Å². The molecule has 0 aromatic carbocycles. The van der Waals surface area contributed by atoms with Crippen molar-refractivity contribution in [2.45, 2.75) is 24.9 Å². The summed E-state index contributed by atoms with van der Waals surface area (Å²) in [6.07, 6.45) is -0.140. The maximum absolute atomic E-state index is 10.1. The second-order valence-corrected chi connectivity index (χ2v) is 4.82. The van der Waals surface area contributed by atoms with Crippen molar-refractivity contribution in [1.29, 1.82) is 0 Å². The predicted octanol–water partition coefficient (Wildman–Crippen LogP) is -0.376. The van der Waals surface area contributed by atoms with Crippen LogP contribution in [-0.2, 0) is 4.74 Å². The van der Waals surface area contributed by atoms with Crippen LogP contribution in [0.1, 0.15) is 12.6 Å². The fraction of sp³-hybridized carbons (Fsp3) is 0.545. The van der Waals surface area contributed by atoms with E-state index in [0.717, 1.165) is 0 Å². The first-order valence-electron chi connectivity index (χ1n) is 6.27. The fourth-order valence-electron chi connectivity index (χ4n) is 2.31. The highest BCUT2D eigenvalue weighted by molar-refractivity contribution is 6.17. The Kier molecular flexibility index (Phi) is 3.81. The molecule has 0 saturated carbocycles. The standard InChI is InChI=1S/C11H14ClN5O4/c12-3-20-11-15-8(13)7-9(16-11)17(4-14-7)10-6(19)1-5(2-18)21-10/h4-6,10,18-19H,1-3H2,(H2,13,15,16)/t5-,6+,10+/m0/s1. The molecule has 0 amide bonds. The Balaban J connectivity index is 2.03. The lowest BCUT2D eigenvalue weighted by molar-refractivity contribution is -0.0487. The molecule has 1 aliphatic rings. The third kappa shape index (κ3) is 2.48. The van der Waals surface area contributed by atoms with E-state index in [-0.39, 0.29) is 24.5 Å². The smallest absolute Gasteiger partial charge is 0.321 e. The quantitative estimate of drug-likeness (QED) is 0.651. The van der Waals surface area contributed by atoms with Crippen molar-refractivity contribution in [2.75, 3.05) is 18.4 Å². The highest BCUT2D eigenvalue weighted by atomic mass is 35.5. The fourth-order valence-corrected chi connectivity index (χ4v) is 2.41. The molecular weight excluding hydrogens is 302 g/mol. The van der Waals surface area contributed by atoms with E-state index in [0.29, 0.717) is 17.6 Å². The molecule has 114 valence electrons. The van der Waals surface area contributed by atoms with Gasteiger partial charge in [-0.2, -0.15) is 9.97 Å². The Morgan fingerprint density at radius 3 is 3.00 bits per heavy atom. The van der Waals surface area contributed by atoms with E-state index in [4.69, 9.17) is 31.9 Å². The van der Waals surface area contributed by atoms with Crippen LogP contribution in [0.4, 0.5) is 5.82 Å². The normalized spacial score (nSPS) is 25.6. The first kappa shape index (κ1) is 14.3. The highest BCUT2D eigenvalue weighted by Gasteiger charge is 2.36. The highest BCUT2D eigenvalue weighted by Crippen LogP contribution is 2.31. The van der Waals surface area contributed by atoms with E-state index in [9.17, 15) is 5.11 Å². The number of hydrogen-bond acceptors (Lipinski definition) is 8. The van der Waals surface area contributed by atoms with Crippen LogP contribution in [0.3, 0.4) is 0 Å². The Hall–Kier alpha value is -1.68. The van der Waals surface area contributed by atoms with Gasteiger partial charge in [0.25, 0.3) is 0 Å². The maximum atomic E-state index is 10.1. The van der Waals surface area contributed by atoms with Gasteiger partial charge in [-0.15, -0.1) is 0 Å². The second-order valence-electron chi connectivity index (χ2n) is 4.60. The summed E-state index contributed by atoms with van der Waals surface area (Å²) in [6.45, 7) is -0.169. The molecule has 0 spiro atoms. The summed E-state index contributed by atoms with van der Waals surface area (Å²) in [6, 6.07) is -0.100. The topological polar surface area (TPSA) is 129 Å². The number of ether oxygens (including phenoxy) is 2. The number of nitrogen functional groups attached to an aromatic ring is 1. The molecule has 21 heavy (non-hydrogen) atoms. The van der Waals surface area contributed by atoms with Crippen molar-refractivity contribution in [3.05, 3.63) is 6.33 Å². The van der Waals surface area contributed by atoms with Gasteiger partial charge >= 0.3 is 6.01 Å². The molecule has 0 unspecified atom stereocenters. The first-order chi connectivity index (χ1) is 10.1. The summed E-state index contributed by atoms with van der Waals surface area (Å²) in [4.78, 5) is 12.2. The zero-order valence-electron chi connectivity index (χ0n) is 10.9. The number of alkyl halides is 1. The van der Waals surface area contributed by atoms with Crippen LogP contribution < -0.4 is 10.5 Å². The zero-order valence-corrected chi connectivity index (χ0v) is 11.6. The molecule has 0 radical (unpaired) electrons. The lowest BCUT2D eigenvalue weighted by atomic mass is 10.2.